The first-order valence-corrected chi connectivity index (χ1v) is 6.77. The molecule has 0 aliphatic carbocycles. The molecule has 0 radical (unpaired) electrons. The van der Waals surface area contributed by atoms with Crippen LogP contribution in [0.2, 0.25) is 0 Å². The van der Waals surface area contributed by atoms with Crippen molar-refractivity contribution in [3.05, 3.63) is 12.4 Å². The van der Waals surface area contributed by atoms with Crippen LogP contribution in [-0.4, -0.2) is 41.6 Å². The number of carbonyl (C=O) groups is 1. The van der Waals surface area contributed by atoms with Crippen LogP contribution in [-0.2, 0) is 4.79 Å². The minimum atomic E-state index is 0.0509. The maximum atomic E-state index is 11.0. The van der Waals surface area contributed by atoms with E-state index in [1.54, 1.807) is 13.3 Å². The summed E-state index contributed by atoms with van der Waals surface area (Å²) in [5.74, 6) is 1.86. The van der Waals surface area contributed by atoms with Crippen molar-refractivity contribution in [3.8, 4) is 0 Å². The van der Waals surface area contributed by atoms with Gasteiger partial charge in [-0.05, 0) is 19.8 Å². The van der Waals surface area contributed by atoms with Crippen LogP contribution in [0, 0.1) is 0 Å². The second kappa shape index (κ2) is 6.36. The van der Waals surface area contributed by atoms with E-state index in [9.17, 15) is 4.79 Å². The molecule has 1 aliphatic rings. The number of anilines is 2. The molecule has 104 valence electrons. The van der Waals surface area contributed by atoms with Crippen LogP contribution in [0.4, 0.5) is 11.6 Å². The summed E-state index contributed by atoms with van der Waals surface area (Å²) in [6, 6.07) is 2.27. The van der Waals surface area contributed by atoms with E-state index >= 15 is 0 Å². The van der Waals surface area contributed by atoms with Crippen molar-refractivity contribution >= 4 is 17.5 Å². The van der Waals surface area contributed by atoms with E-state index in [0.717, 1.165) is 44.1 Å². The summed E-state index contributed by atoms with van der Waals surface area (Å²) in [4.78, 5) is 21.8. The predicted molar refractivity (Wildman–Crippen MR) is 75.2 cm³/mol. The fourth-order valence-electron chi connectivity index (χ4n) is 2.34. The third kappa shape index (κ3) is 3.81. The van der Waals surface area contributed by atoms with Gasteiger partial charge in [0.25, 0.3) is 0 Å². The number of amides is 1. The number of aromatic nitrogens is 2. The minimum absolute atomic E-state index is 0.0509. The van der Waals surface area contributed by atoms with E-state index in [4.69, 9.17) is 0 Å². The lowest BCUT2D eigenvalue weighted by molar-refractivity contribution is -0.119. The van der Waals surface area contributed by atoms with Gasteiger partial charge in [0.15, 0.2) is 0 Å². The Bertz CT molecular complexity index is 429. The zero-order chi connectivity index (χ0) is 13.7. The molecule has 1 aromatic heterocycles. The minimum Gasteiger partial charge on any atom is -0.370 e. The quantitative estimate of drug-likeness (QED) is 0.848. The van der Waals surface area contributed by atoms with Crippen LogP contribution in [0.5, 0.6) is 0 Å². The number of piperidine rings is 1. The normalized spacial score (nSPS) is 16.2. The van der Waals surface area contributed by atoms with Crippen LogP contribution in [0.3, 0.4) is 0 Å². The van der Waals surface area contributed by atoms with Gasteiger partial charge in [-0.15, -0.1) is 0 Å². The molecular weight excluding hydrogens is 242 g/mol. The lowest BCUT2D eigenvalue weighted by atomic mass is 10.1. The molecule has 2 rings (SSSR count). The van der Waals surface area contributed by atoms with Gasteiger partial charge in [-0.3, -0.25) is 4.79 Å². The van der Waals surface area contributed by atoms with Gasteiger partial charge in [0.2, 0.25) is 5.91 Å². The third-order valence-electron chi connectivity index (χ3n) is 3.24. The van der Waals surface area contributed by atoms with Crippen molar-refractivity contribution in [1.29, 1.82) is 0 Å². The molecule has 1 saturated heterocycles. The van der Waals surface area contributed by atoms with Gasteiger partial charge >= 0.3 is 0 Å². The van der Waals surface area contributed by atoms with E-state index < -0.39 is 0 Å². The van der Waals surface area contributed by atoms with E-state index in [1.165, 1.54) is 0 Å². The van der Waals surface area contributed by atoms with Crippen LogP contribution in [0.1, 0.15) is 26.7 Å². The van der Waals surface area contributed by atoms with E-state index in [-0.39, 0.29) is 5.91 Å². The Morgan fingerprint density at radius 2 is 2.16 bits per heavy atom. The fourth-order valence-corrected chi connectivity index (χ4v) is 2.34. The van der Waals surface area contributed by atoms with E-state index in [2.05, 4.69) is 25.5 Å². The first-order chi connectivity index (χ1) is 9.19. The lowest BCUT2D eigenvalue weighted by Gasteiger charge is -2.33. The summed E-state index contributed by atoms with van der Waals surface area (Å²) in [5, 5.41) is 6.16. The van der Waals surface area contributed by atoms with Crippen LogP contribution in [0.25, 0.3) is 0 Å². The second-order valence-electron chi connectivity index (χ2n) is 4.75. The molecule has 0 atom stereocenters. The standard InChI is InChI=1S/C13H21N5O/c1-3-14-12-8-13(16-9-15-12)18-6-4-11(5-7-18)17-10(2)19/h8-9,11H,3-7H2,1-2H3,(H,17,19)(H,14,15,16). The second-order valence-corrected chi connectivity index (χ2v) is 4.75. The zero-order valence-electron chi connectivity index (χ0n) is 11.5. The summed E-state index contributed by atoms with van der Waals surface area (Å²) >= 11 is 0. The van der Waals surface area contributed by atoms with Crippen molar-refractivity contribution < 1.29 is 4.79 Å². The number of nitrogens with one attached hydrogen (secondary N) is 2. The third-order valence-corrected chi connectivity index (χ3v) is 3.24. The van der Waals surface area contributed by atoms with E-state index in [0.29, 0.717) is 6.04 Å². The Labute approximate surface area is 113 Å². The average molecular weight is 263 g/mol. The topological polar surface area (TPSA) is 70.2 Å². The van der Waals surface area contributed by atoms with Crippen molar-refractivity contribution in [2.75, 3.05) is 29.9 Å². The van der Waals surface area contributed by atoms with Gasteiger partial charge in [0.1, 0.15) is 18.0 Å². The lowest BCUT2D eigenvalue weighted by Crippen LogP contribution is -2.44. The monoisotopic (exact) mass is 263 g/mol. The summed E-state index contributed by atoms with van der Waals surface area (Å²) in [5.41, 5.74) is 0. The Kier molecular flexibility index (Phi) is 4.54. The Morgan fingerprint density at radius 3 is 2.79 bits per heavy atom. The van der Waals surface area contributed by atoms with Gasteiger partial charge in [0.05, 0.1) is 0 Å². The molecule has 0 spiro atoms. The molecule has 1 aromatic rings. The fraction of sp³-hybridized carbons (Fsp3) is 0.615. The highest BCUT2D eigenvalue weighted by molar-refractivity contribution is 5.73. The predicted octanol–water partition coefficient (Wildman–Crippen LogP) is 1.01. The van der Waals surface area contributed by atoms with Gasteiger partial charge in [-0.2, -0.15) is 0 Å². The number of hydrogen-bond acceptors (Lipinski definition) is 5. The molecule has 0 bridgehead atoms. The molecule has 6 nitrogen and oxygen atoms in total. The van der Waals surface area contributed by atoms with Crippen LogP contribution >= 0.6 is 0 Å². The Balaban J connectivity index is 1.93. The highest BCUT2D eigenvalue weighted by Crippen LogP contribution is 2.19. The SMILES string of the molecule is CCNc1cc(N2CCC(NC(C)=O)CC2)ncn1. The van der Waals surface area contributed by atoms with Crippen molar-refractivity contribution in [3.63, 3.8) is 0 Å². The molecular formula is C13H21N5O. The van der Waals surface area contributed by atoms with Gasteiger partial charge in [-0.1, -0.05) is 0 Å². The number of rotatable bonds is 4. The summed E-state index contributed by atoms with van der Waals surface area (Å²) in [7, 11) is 0. The van der Waals surface area contributed by atoms with Crippen molar-refractivity contribution in [1.82, 2.24) is 15.3 Å². The van der Waals surface area contributed by atoms with Crippen molar-refractivity contribution in [2.24, 2.45) is 0 Å². The summed E-state index contributed by atoms with van der Waals surface area (Å²) < 4.78 is 0. The first-order valence-electron chi connectivity index (χ1n) is 6.77. The van der Waals surface area contributed by atoms with Crippen molar-refractivity contribution in [2.45, 2.75) is 32.7 Å². The molecule has 0 aromatic carbocycles. The highest BCUT2D eigenvalue weighted by atomic mass is 16.1. The molecule has 0 saturated carbocycles. The van der Waals surface area contributed by atoms with Crippen LogP contribution < -0.4 is 15.5 Å². The Morgan fingerprint density at radius 1 is 1.42 bits per heavy atom. The van der Waals surface area contributed by atoms with Gasteiger partial charge < -0.3 is 15.5 Å². The number of nitrogens with zero attached hydrogens (tertiary/aromatic N) is 3. The van der Waals surface area contributed by atoms with Crippen LogP contribution in [0.15, 0.2) is 12.4 Å². The maximum absolute atomic E-state index is 11.0. The molecule has 1 amide bonds. The molecule has 2 N–H and O–H groups in total. The zero-order valence-corrected chi connectivity index (χ0v) is 11.5. The van der Waals surface area contributed by atoms with E-state index in [1.807, 2.05) is 13.0 Å². The largest absolute Gasteiger partial charge is 0.370 e. The average Bonchev–Trinajstić information content (AvgIpc) is 2.40. The summed E-state index contributed by atoms with van der Waals surface area (Å²) in [6.45, 7) is 6.28. The molecule has 2 heterocycles. The number of hydrogen-bond donors (Lipinski definition) is 2. The molecule has 1 aliphatic heterocycles. The Hall–Kier alpha value is -1.85. The highest BCUT2D eigenvalue weighted by Gasteiger charge is 2.20. The summed E-state index contributed by atoms with van der Waals surface area (Å²) in [6.07, 6.45) is 3.51. The number of carbonyl (C=O) groups excluding carboxylic acids is 1. The van der Waals surface area contributed by atoms with Gasteiger partial charge in [-0.25, -0.2) is 9.97 Å². The smallest absolute Gasteiger partial charge is 0.217 e. The first kappa shape index (κ1) is 13.6. The van der Waals surface area contributed by atoms with Gasteiger partial charge in [0, 0.05) is 38.7 Å². The molecule has 1 fully saturated rings. The molecule has 6 heteroatoms. The molecule has 0 unspecified atom stereocenters. The molecule has 19 heavy (non-hydrogen) atoms. The maximum Gasteiger partial charge on any atom is 0.217 e.